The second-order valence-corrected chi connectivity index (χ2v) is 4.54. The average molecular weight is 226 g/mol. The fourth-order valence-corrected chi connectivity index (χ4v) is 1.74. The lowest BCUT2D eigenvalue weighted by molar-refractivity contribution is -0.137. The summed E-state index contributed by atoms with van der Waals surface area (Å²) in [6.45, 7) is 6.41. The molecule has 1 aliphatic heterocycles. The van der Waals surface area contributed by atoms with Crippen molar-refractivity contribution in [1.82, 2.24) is 5.01 Å². The van der Waals surface area contributed by atoms with Gasteiger partial charge in [-0.05, 0) is 19.3 Å². The number of carboxylic acid groups (broad SMARTS) is 1. The summed E-state index contributed by atoms with van der Waals surface area (Å²) in [6.07, 6.45) is 0.358. The molecule has 5 nitrogen and oxygen atoms in total. The number of hydrogen-bond acceptors (Lipinski definition) is 3. The highest BCUT2D eigenvalue weighted by atomic mass is 16.4. The minimum absolute atomic E-state index is 0.0127. The number of rotatable bonds is 5. The summed E-state index contributed by atoms with van der Waals surface area (Å²) in [5.74, 6) is -0.913. The van der Waals surface area contributed by atoms with E-state index in [9.17, 15) is 9.59 Å². The monoisotopic (exact) mass is 226 g/mol. The van der Waals surface area contributed by atoms with Gasteiger partial charge in [0.15, 0.2) is 0 Å². The lowest BCUT2D eigenvalue weighted by Crippen LogP contribution is -2.30. The number of hydrogen-bond donors (Lipinski definition) is 1. The van der Waals surface area contributed by atoms with Crippen molar-refractivity contribution in [1.29, 1.82) is 0 Å². The van der Waals surface area contributed by atoms with Crippen LogP contribution in [0, 0.1) is 11.8 Å². The van der Waals surface area contributed by atoms with Crippen LogP contribution >= 0.6 is 0 Å². The Bertz CT molecular complexity index is 323. The Balaban J connectivity index is 2.59. The third-order valence-electron chi connectivity index (χ3n) is 2.52. The van der Waals surface area contributed by atoms with E-state index in [1.54, 1.807) is 6.92 Å². The van der Waals surface area contributed by atoms with E-state index in [1.165, 1.54) is 5.01 Å². The molecule has 0 fully saturated rings. The molecule has 0 saturated heterocycles. The molecule has 0 aromatic carbocycles. The van der Waals surface area contributed by atoms with Gasteiger partial charge in [0.05, 0.1) is 5.92 Å². The number of hydrazone groups is 1. The van der Waals surface area contributed by atoms with E-state index in [1.807, 2.05) is 13.8 Å². The lowest BCUT2D eigenvalue weighted by Gasteiger charge is -2.15. The first kappa shape index (κ1) is 12.7. The smallest absolute Gasteiger partial charge is 0.303 e. The molecule has 0 saturated carbocycles. The van der Waals surface area contributed by atoms with Crippen molar-refractivity contribution in [3.8, 4) is 0 Å². The van der Waals surface area contributed by atoms with Gasteiger partial charge < -0.3 is 5.11 Å². The van der Waals surface area contributed by atoms with Crippen LogP contribution in [0.3, 0.4) is 0 Å². The number of carboxylic acids is 1. The van der Waals surface area contributed by atoms with E-state index >= 15 is 0 Å². The molecule has 90 valence electrons. The molecule has 1 aliphatic rings. The summed E-state index contributed by atoms with van der Waals surface area (Å²) in [7, 11) is 0. The first-order valence-electron chi connectivity index (χ1n) is 5.50. The topological polar surface area (TPSA) is 70.0 Å². The van der Waals surface area contributed by atoms with Gasteiger partial charge >= 0.3 is 5.97 Å². The van der Waals surface area contributed by atoms with Gasteiger partial charge in [-0.15, -0.1) is 0 Å². The van der Waals surface area contributed by atoms with Crippen LogP contribution in [-0.2, 0) is 9.59 Å². The summed E-state index contributed by atoms with van der Waals surface area (Å²) >= 11 is 0. The largest absolute Gasteiger partial charge is 0.481 e. The second kappa shape index (κ2) is 5.09. The van der Waals surface area contributed by atoms with Crippen LogP contribution in [-0.4, -0.2) is 34.2 Å². The van der Waals surface area contributed by atoms with Gasteiger partial charge in [-0.2, -0.15) is 5.10 Å². The summed E-state index contributed by atoms with van der Waals surface area (Å²) in [6, 6.07) is 0. The van der Waals surface area contributed by atoms with Gasteiger partial charge in [-0.3, -0.25) is 9.59 Å². The molecule has 1 N–H and O–H groups in total. The molecule has 1 atom stereocenters. The van der Waals surface area contributed by atoms with Gasteiger partial charge in [0, 0.05) is 18.7 Å². The molecule has 1 unspecified atom stereocenters. The van der Waals surface area contributed by atoms with Crippen LogP contribution in [0.2, 0.25) is 0 Å². The van der Waals surface area contributed by atoms with Gasteiger partial charge in [-0.25, -0.2) is 5.01 Å². The second-order valence-electron chi connectivity index (χ2n) is 4.54. The van der Waals surface area contributed by atoms with Crippen molar-refractivity contribution < 1.29 is 14.7 Å². The van der Waals surface area contributed by atoms with Crippen molar-refractivity contribution in [3.05, 3.63) is 0 Å². The molecule has 1 rings (SSSR count). The number of nitrogens with zero attached hydrogens (tertiary/aromatic N) is 2. The summed E-state index contributed by atoms with van der Waals surface area (Å²) in [4.78, 5) is 22.3. The summed E-state index contributed by atoms with van der Waals surface area (Å²) in [5.41, 5.74) is 0.729. The SMILES string of the molecule is CC1=NN(CC(C)C)C(=O)C1CCC(=O)O. The minimum atomic E-state index is -0.872. The zero-order valence-electron chi connectivity index (χ0n) is 9.93. The van der Waals surface area contributed by atoms with Crippen LogP contribution in [0.5, 0.6) is 0 Å². The molecule has 0 aliphatic carbocycles. The molecule has 1 amide bonds. The molecule has 1 heterocycles. The average Bonchev–Trinajstić information content (AvgIpc) is 2.39. The maximum Gasteiger partial charge on any atom is 0.303 e. The Morgan fingerprint density at radius 2 is 2.19 bits per heavy atom. The fraction of sp³-hybridized carbons (Fsp3) is 0.727. The first-order valence-corrected chi connectivity index (χ1v) is 5.50. The molecule has 0 aromatic rings. The van der Waals surface area contributed by atoms with Crippen molar-refractivity contribution in [2.45, 2.75) is 33.6 Å². The molecular weight excluding hydrogens is 208 g/mol. The van der Waals surface area contributed by atoms with E-state index in [2.05, 4.69) is 5.10 Å². The molecule has 0 bridgehead atoms. The van der Waals surface area contributed by atoms with Crippen LogP contribution in [0.15, 0.2) is 5.10 Å². The number of carbonyl (C=O) groups excluding carboxylic acids is 1. The van der Waals surface area contributed by atoms with Crippen LogP contribution in [0.4, 0.5) is 0 Å². The Morgan fingerprint density at radius 1 is 1.56 bits per heavy atom. The predicted molar refractivity (Wildman–Crippen MR) is 60.0 cm³/mol. The summed E-state index contributed by atoms with van der Waals surface area (Å²) < 4.78 is 0. The maximum atomic E-state index is 11.9. The van der Waals surface area contributed by atoms with E-state index in [-0.39, 0.29) is 18.2 Å². The Kier molecular flexibility index (Phi) is 4.04. The van der Waals surface area contributed by atoms with E-state index in [0.717, 1.165) is 5.71 Å². The number of amides is 1. The van der Waals surface area contributed by atoms with E-state index in [4.69, 9.17) is 5.11 Å². The number of aliphatic carboxylic acids is 1. The lowest BCUT2D eigenvalue weighted by atomic mass is 9.98. The van der Waals surface area contributed by atoms with Crippen molar-refractivity contribution >= 4 is 17.6 Å². The van der Waals surface area contributed by atoms with Crippen molar-refractivity contribution in [2.75, 3.05) is 6.54 Å². The molecule has 0 radical (unpaired) electrons. The highest BCUT2D eigenvalue weighted by molar-refractivity contribution is 6.07. The summed E-state index contributed by atoms with van der Waals surface area (Å²) in [5, 5.41) is 14.2. The third-order valence-corrected chi connectivity index (χ3v) is 2.52. The van der Waals surface area contributed by atoms with E-state index < -0.39 is 5.97 Å². The molecule has 5 heteroatoms. The fourth-order valence-electron chi connectivity index (χ4n) is 1.74. The zero-order chi connectivity index (χ0) is 12.3. The van der Waals surface area contributed by atoms with Crippen LogP contribution < -0.4 is 0 Å². The highest BCUT2D eigenvalue weighted by Gasteiger charge is 2.33. The van der Waals surface area contributed by atoms with E-state index in [0.29, 0.717) is 18.9 Å². The zero-order valence-corrected chi connectivity index (χ0v) is 9.93. The van der Waals surface area contributed by atoms with Crippen LogP contribution in [0.1, 0.15) is 33.6 Å². The quantitative estimate of drug-likeness (QED) is 0.769. The predicted octanol–water partition coefficient (Wildman–Crippen LogP) is 1.34. The van der Waals surface area contributed by atoms with Crippen molar-refractivity contribution in [2.24, 2.45) is 16.9 Å². The molecule has 0 spiro atoms. The Labute approximate surface area is 95.1 Å². The maximum absolute atomic E-state index is 11.9. The first-order chi connectivity index (χ1) is 7.41. The van der Waals surface area contributed by atoms with Crippen molar-refractivity contribution in [3.63, 3.8) is 0 Å². The molecule has 16 heavy (non-hydrogen) atoms. The van der Waals surface area contributed by atoms with Crippen LogP contribution in [0.25, 0.3) is 0 Å². The minimum Gasteiger partial charge on any atom is -0.481 e. The van der Waals surface area contributed by atoms with Gasteiger partial charge in [-0.1, -0.05) is 13.8 Å². The molecular formula is C11H18N2O3. The Hall–Kier alpha value is -1.39. The molecule has 0 aromatic heterocycles. The Morgan fingerprint density at radius 3 is 2.69 bits per heavy atom. The third kappa shape index (κ3) is 3.05. The van der Waals surface area contributed by atoms with Gasteiger partial charge in [0.1, 0.15) is 0 Å². The highest BCUT2D eigenvalue weighted by Crippen LogP contribution is 2.21. The standard InChI is InChI=1S/C11H18N2O3/c1-7(2)6-13-11(16)9(8(3)12-13)4-5-10(14)15/h7,9H,4-6H2,1-3H3,(H,14,15). The number of carbonyl (C=O) groups is 2. The normalized spacial score (nSPS) is 20.5. The van der Waals surface area contributed by atoms with Gasteiger partial charge in [0.2, 0.25) is 0 Å². The van der Waals surface area contributed by atoms with Gasteiger partial charge in [0.25, 0.3) is 5.91 Å².